The van der Waals surface area contributed by atoms with E-state index in [1.54, 1.807) is 24.4 Å². The normalized spacial score (nSPS) is 16.4. The summed E-state index contributed by atoms with van der Waals surface area (Å²) in [6, 6.07) is 4.25. The minimum absolute atomic E-state index is 0.467. The van der Waals surface area contributed by atoms with Crippen molar-refractivity contribution < 1.29 is 29.3 Å². The van der Waals surface area contributed by atoms with Crippen LogP contribution in [0.3, 0.4) is 0 Å². The highest BCUT2D eigenvalue weighted by Crippen LogP contribution is 2.30. The number of anilines is 1. The number of fused-ring (bicyclic) bond motifs is 1. The average Bonchev–Trinajstić information content (AvgIpc) is 3.04. The van der Waals surface area contributed by atoms with E-state index in [-0.39, 0.29) is 0 Å². The molecule has 0 unspecified atom stereocenters. The summed E-state index contributed by atoms with van der Waals surface area (Å²) < 4.78 is 5.30. The third-order valence-corrected chi connectivity index (χ3v) is 4.30. The third-order valence-electron chi connectivity index (χ3n) is 4.30. The molecule has 27 heavy (non-hydrogen) atoms. The first kappa shape index (κ1) is 18.6. The fourth-order valence-corrected chi connectivity index (χ4v) is 3.11. The van der Waals surface area contributed by atoms with Crippen LogP contribution in [0.5, 0.6) is 0 Å². The molecular weight excluding hydrogens is 354 g/mol. The number of amides is 1. The molecule has 1 fully saturated rings. The van der Waals surface area contributed by atoms with Crippen LogP contribution in [0.25, 0.3) is 10.9 Å². The van der Waals surface area contributed by atoms with Crippen LogP contribution in [-0.2, 0) is 19.1 Å². The van der Waals surface area contributed by atoms with E-state index >= 15 is 0 Å². The molecule has 2 heterocycles. The summed E-state index contributed by atoms with van der Waals surface area (Å²) in [7, 11) is 0. The van der Waals surface area contributed by atoms with Crippen LogP contribution in [-0.4, -0.2) is 64.2 Å². The van der Waals surface area contributed by atoms with Gasteiger partial charge >= 0.3 is 11.9 Å². The Morgan fingerprint density at radius 2 is 1.93 bits per heavy atom. The summed E-state index contributed by atoms with van der Waals surface area (Å²) in [4.78, 5) is 38.9. The smallest absolute Gasteiger partial charge is 0.328 e. The first-order valence-electron chi connectivity index (χ1n) is 8.33. The Morgan fingerprint density at radius 3 is 2.59 bits per heavy atom. The number of rotatable bonds is 6. The van der Waals surface area contributed by atoms with Gasteiger partial charge in [-0.05, 0) is 12.1 Å². The lowest BCUT2D eigenvalue weighted by atomic mass is 10.0. The summed E-state index contributed by atoms with van der Waals surface area (Å²) in [5, 5.41) is 21.6. The van der Waals surface area contributed by atoms with Crippen molar-refractivity contribution in [1.82, 2.24) is 9.88 Å². The van der Waals surface area contributed by atoms with Gasteiger partial charge in [0.1, 0.15) is 6.04 Å². The highest BCUT2D eigenvalue weighted by molar-refractivity contribution is 6.03. The minimum atomic E-state index is -1.21. The van der Waals surface area contributed by atoms with Crippen LogP contribution in [0, 0.1) is 0 Å². The Bertz CT molecular complexity index is 898. The van der Waals surface area contributed by atoms with E-state index in [2.05, 4.69) is 10.3 Å². The summed E-state index contributed by atoms with van der Waals surface area (Å²) in [5.41, 5.74) is 1.78. The van der Waals surface area contributed by atoms with Crippen molar-refractivity contribution in [3.05, 3.63) is 42.1 Å². The zero-order valence-electron chi connectivity index (χ0n) is 14.3. The lowest BCUT2D eigenvalue weighted by molar-refractivity contribution is -0.145. The van der Waals surface area contributed by atoms with Gasteiger partial charge in [0.05, 0.1) is 13.2 Å². The quantitative estimate of drug-likeness (QED) is 0.560. The number of benzene rings is 1. The molecule has 0 radical (unpaired) electrons. The van der Waals surface area contributed by atoms with Gasteiger partial charge in [-0.25, -0.2) is 4.79 Å². The van der Waals surface area contributed by atoms with E-state index < -0.39 is 23.9 Å². The molecule has 1 atom stereocenters. The number of aromatic nitrogens is 1. The van der Waals surface area contributed by atoms with Crippen molar-refractivity contribution in [1.29, 1.82) is 0 Å². The van der Waals surface area contributed by atoms with Crippen molar-refractivity contribution in [3.8, 4) is 0 Å². The predicted octanol–water partition coefficient (Wildman–Crippen LogP) is 1.21. The molecule has 1 amide bonds. The van der Waals surface area contributed by atoms with Crippen molar-refractivity contribution in [2.75, 3.05) is 31.6 Å². The number of aliphatic carboxylic acids is 2. The lowest BCUT2D eigenvalue weighted by Gasteiger charge is -2.31. The van der Waals surface area contributed by atoms with E-state index in [1.165, 1.54) is 0 Å². The highest BCUT2D eigenvalue weighted by Gasteiger charge is 2.30. The first-order valence-corrected chi connectivity index (χ1v) is 8.33. The molecule has 3 rings (SSSR count). The molecule has 0 bridgehead atoms. The summed E-state index contributed by atoms with van der Waals surface area (Å²) in [6.07, 6.45) is 3.33. The first-order chi connectivity index (χ1) is 13.0. The van der Waals surface area contributed by atoms with Gasteiger partial charge in [0.25, 0.3) is 0 Å². The van der Waals surface area contributed by atoms with Gasteiger partial charge in [-0.3, -0.25) is 14.5 Å². The number of aromatic amines is 1. The molecule has 0 spiro atoms. The molecule has 1 aromatic carbocycles. The Hall–Kier alpha value is -3.17. The van der Waals surface area contributed by atoms with Gasteiger partial charge in [0.2, 0.25) is 5.91 Å². The molecule has 0 saturated carbocycles. The van der Waals surface area contributed by atoms with Gasteiger partial charge in [0, 0.05) is 53.6 Å². The maximum absolute atomic E-state index is 11.9. The summed E-state index contributed by atoms with van der Waals surface area (Å²) in [5.74, 6) is -2.72. The largest absolute Gasteiger partial charge is 0.480 e. The topological polar surface area (TPSA) is 132 Å². The Morgan fingerprint density at radius 1 is 1.19 bits per heavy atom. The standard InChI is InChI=1S/C18H19N3O6/c22-15(3-4-16(23)24)20-11-1-2-12-13(10-19-14(12)9-11)17(18(25)26)21-5-7-27-8-6-21/h1-4,9-10,17,19H,5-8H2,(H,20,22)(H,23,24)(H,25,26)/b4-3+/t17-/m0/s1. The maximum atomic E-state index is 11.9. The molecule has 9 nitrogen and oxygen atoms in total. The van der Waals surface area contributed by atoms with Crippen LogP contribution in [0.4, 0.5) is 5.69 Å². The molecular formula is C18H19N3O6. The minimum Gasteiger partial charge on any atom is -0.480 e. The van der Waals surface area contributed by atoms with Crippen molar-refractivity contribution in [2.45, 2.75) is 6.04 Å². The average molecular weight is 373 g/mol. The number of nitrogens with zero attached hydrogens (tertiary/aromatic N) is 1. The number of ether oxygens (including phenoxy) is 1. The predicted molar refractivity (Wildman–Crippen MR) is 96.5 cm³/mol. The fourth-order valence-electron chi connectivity index (χ4n) is 3.11. The van der Waals surface area contributed by atoms with E-state index in [0.717, 1.165) is 17.5 Å². The maximum Gasteiger partial charge on any atom is 0.328 e. The summed E-state index contributed by atoms with van der Waals surface area (Å²) in [6.45, 7) is 2.06. The highest BCUT2D eigenvalue weighted by atomic mass is 16.5. The second kappa shape index (κ2) is 8.02. The molecule has 4 N–H and O–H groups in total. The van der Waals surface area contributed by atoms with E-state index in [0.29, 0.717) is 43.1 Å². The SMILES string of the molecule is O=C(O)/C=C/C(=O)Nc1ccc2c([C@@H](C(=O)O)N3CCOCC3)c[nH]c2c1. The van der Waals surface area contributed by atoms with Crippen LogP contribution >= 0.6 is 0 Å². The Balaban J connectivity index is 1.85. The van der Waals surface area contributed by atoms with E-state index in [9.17, 15) is 19.5 Å². The van der Waals surface area contributed by atoms with Crippen molar-refractivity contribution in [3.63, 3.8) is 0 Å². The van der Waals surface area contributed by atoms with Gasteiger partial charge in [-0.2, -0.15) is 0 Å². The number of carboxylic acid groups (broad SMARTS) is 2. The molecule has 1 aromatic heterocycles. The molecule has 1 aliphatic heterocycles. The molecule has 142 valence electrons. The van der Waals surface area contributed by atoms with Crippen LogP contribution in [0.15, 0.2) is 36.5 Å². The van der Waals surface area contributed by atoms with Crippen LogP contribution in [0.1, 0.15) is 11.6 Å². The second-order valence-electron chi connectivity index (χ2n) is 6.05. The molecule has 9 heteroatoms. The fraction of sp³-hybridized carbons (Fsp3) is 0.278. The Labute approximate surface area is 154 Å². The second-order valence-corrected chi connectivity index (χ2v) is 6.05. The molecule has 1 aliphatic rings. The Kier molecular flexibility index (Phi) is 5.53. The number of carbonyl (C=O) groups is 3. The molecule has 0 aliphatic carbocycles. The number of H-pyrrole nitrogens is 1. The number of nitrogens with one attached hydrogen (secondary N) is 2. The van der Waals surface area contributed by atoms with Crippen molar-refractivity contribution >= 4 is 34.4 Å². The molecule has 1 saturated heterocycles. The number of morpholine rings is 1. The van der Waals surface area contributed by atoms with Crippen molar-refractivity contribution in [2.24, 2.45) is 0 Å². The molecule has 2 aromatic rings. The third kappa shape index (κ3) is 4.33. The zero-order valence-corrected chi connectivity index (χ0v) is 14.3. The number of carboxylic acids is 2. The van der Waals surface area contributed by atoms with E-state index in [1.807, 2.05) is 4.90 Å². The number of carbonyl (C=O) groups excluding carboxylic acids is 1. The number of hydrogen-bond donors (Lipinski definition) is 4. The zero-order chi connectivity index (χ0) is 19.4. The monoisotopic (exact) mass is 373 g/mol. The van der Waals surface area contributed by atoms with Gasteiger partial charge < -0.3 is 25.3 Å². The van der Waals surface area contributed by atoms with E-state index in [4.69, 9.17) is 9.84 Å². The van der Waals surface area contributed by atoms with Gasteiger partial charge in [-0.1, -0.05) is 6.07 Å². The number of hydrogen-bond acceptors (Lipinski definition) is 5. The van der Waals surface area contributed by atoms with Crippen LogP contribution < -0.4 is 5.32 Å². The van der Waals surface area contributed by atoms with Gasteiger partial charge in [0.15, 0.2) is 0 Å². The van der Waals surface area contributed by atoms with Crippen LogP contribution in [0.2, 0.25) is 0 Å². The van der Waals surface area contributed by atoms with Gasteiger partial charge in [-0.15, -0.1) is 0 Å². The summed E-state index contributed by atoms with van der Waals surface area (Å²) >= 11 is 0. The lowest BCUT2D eigenvalue weighted by Crippen LogP contribution is -2.42.